The number of hydrogen-bond donors (Lipinski definition) is 0. The van der Waals surface area contributed by atoms with E-state index in [1.165, 1.54) is 0 Å². The van der Waals surface area contributed by atoms with Crippen LogP contribution < -0.4 is 0 Å². The van der Waals surface area contributed by atoms with Crippen LogP contribution in [0.1, 0.15) is 30.1 Å². The average molecular weight is 218 g/mol. The summed E-state index contributed by atoms with van der Waals surface area (Å²) in [6.07, 6.45) is 2.06. The lowest BCUT2D eigenvalue weighted by Crippen LogP contribution is -2.15. The first-order valence-corrected chi connectivity index (χ1v) is 5.94. The molecule has 2 atom stereocenters. The van der Waals surface area contributed by atoms with Crippen molar-refractivity contribution >= 4 is 5.78 Å². The van der Waals surface area contributed by atoms with E-state index in [1.807, 2.05) is 37.3 Å². The lowest BCUT2D eigenvalue weighted by Gasteiger charge is -2.14. The lowest BCUT2D eigenvalue weighted by molar-refractivity contribution is 0.0908. The third-order valence-electron chi connectivity index (χ3n) is 3.22. The molecular weight excluding hydrogens is 200 g/mol. The molecule has 0 N–H and O–H groups in total. The smallest absolute Gasteiger partial charge is 0.165 e. The quantitative estimate of drug-likeness (QED) is 0.726. The zero-order chi connectivity index (χ0) is 11.4. The Labute approximate surface area is 96.6 Å². The third kappa shape index (κ3) is 2.70. The Morgan fingerprint density at radius 1 is 1.44 bits per heavy atom. The van der Waals surface area contributed by atoms with E-state index in [-0.39, 0.29) is 11.7 Å². The van der Waals surface area contributed by atoms with Gasteiger partial charge in [-0.3, -0.25) is 4.79 Å². The van der Waals surface area contributed by atoms with Crippen LogP contribution in [0.4, 0.5) is 0 Å². The number of carbonyl (C=O) groups is 1. The number of ether oxygens (including phenoxy) is 1. The topological polar surface area (TPSA) is 26.3 Å². The number of ketones is 1. The van der Waals surface area contributed by atoms with Crippen LogP contribution in [-0.2, 0) is 4.74 Å². The van der Waals surface area contributed by atoms with Crippen molar-refractivity contribution in [1.29, 1.82) is 0 Å². The average Bonchev–Trinajstić information content (AvgIpc) is 2.82. The van der Waals surface area contributed by atoms with Crippen molar-refractivity contribution in [2.24, 2.45) is 11.8 Å². The highest BCUT2D eigenvalue weighted by Crippen LogP contribution is 2.23. The molecule has 2 nitrogen and oxygen atoms in total. The summed E-state index contributed by atoms with van der Waals surface area (Å²) in [6, 6.07) is 9.55. The van der Waals surface area contributed by atoms with Crippen molar-refractivity contribution in [2.45, 2.75) is 19.8 Å². The Morgan fingerprint density at radius 2 is 2.19 bits per heavy atom. The van der Waals surface area contributed by atoms with Gasteiger partial charge in [-0.1, -0.05) is 37.3 Å². The fourth-order valence-corrected chi connectivity index (χ4v) is 2.26. The monoisotopic (exact) mass is 218 g/mol. The SMILES string of the molecule is CC(CC1CCOC1)C(=O)c1ccccc1. The first-order chi connectivity index (χ1) is 7.77. The summed E-state index contributed by atoms with van der Waals surface area (Å²) in [6.45, 7) is 3.71. The Balaban J connectivity index is 1.94. The van der Waals surface area contributed by atoms with E-state index in [0.717, 1.165) is 31.6 Å². The molecule has 86 valence electrons. The van der Waals surface area contributed by atoms with Gasteiger partial charge in [0.05, 0.1) is 0 Å². The van der Waals surface area contributed by atoms with Gasteiger partial charge < -0.3 is 4.74 Å². The molecule has 0 radical (unpaired) electrons. The zero-order valence-electron chi connectivity index (χ0n) is 9.69. The van der Waals surface area contributed by atoms with Gasteiger partial charge in [-0.2, -0.15) is 0 Å². The van der Waals surface area contributed by atoms with Crippen molar-refractivity contribution in [3.63, 3.8) is 0 Å². The molecule has 1 heterocycles. The number of rotatable bonds is 4. The Kier molecular flexibility index (Phi) is 3.73. The van der Waals surface area contributed by atoms with E-state index in [1.54, 1.807) is 0 Å². The van der Waals surface area contributed by atoms with Gasteiger partial charge in [0, 0.05) is 24.7 Å². The summed E-state index contributed by atoms with van der Waals surface area (Å²) in [7, 11) is 0. The fraction of sp³-hybridized carbons (Fsp3) is 0.500. The standard InChI is InChI=1S/C14H18O2/c1-11(9-12-7-8-16-10-12)14(15)13-5-3-2-4-6-13/h2-6,11-12H,7-10H2,1H3. The lowest BCUT2D eigenvalue weighted by atomic mass is 9.89. The summed E-state index contributed by atoms with van der Waals surface area (Å²) in [4.78, 5) is 12.1. The summed E-state index contributed by atoms with van der Waals surface area (Å²) in [5.74, 6) is 0.935. The van der Waals surface area contributed by atoms with E-state index in [2.05, 4.69) is 0 Å². The minimum atomic E-state index is 0.106. The van der Waals surface area contributed by atoms with Crippen LogP contribution in [-0.4, -0.2) is 19.0 Å². The summed E-state index contributed by atoms with van der Waals surface area (Å²) < 4.78 is 5.33. The van der Waals surface area contributed by atoms with E-state index < -0.39 is 0 Å². The molecule has 2 rings (SSSR count). The molecule has 0 aromatic heterocycles. The van der Waals surface area contributed by atoms with Crippen LogP contribution >= 0.6 is 0 Å². The maximum atomic E-state index is 12.1. The largest absolute Gasteiger partial charge is 0.381 e. The van der Waals surface area contributed by atoms with Gasteiger partial charge in [0.15, 0.2) is 5.78 Å². The molecule has 1 aromatic carbocycles. The minimum absolute atomic E-state index is 0.106. The van der Waals surface area contributed by atoms with E-state index in [9.17, 15) is 4.79 Å². The van der Waals surface area contributed by atoms with Gasteiger partial charge in [0.1, 0.15) is 0 Å². The van der Waals surface area contributed by atoms with Crippen molar-refractivity contribution in [1.82, 2.24) is 0 Å². The van der Waals surface area contributed by atoms with Crippen LogP contribution in [0.3, 0.4) is 0 Å². The molecule has 1 aliphatic heterocycles. The molecule has 0 saturated carbocycles. The third-order valence-corrected chi connectivity index (χ3v) is 3.22. The van der Waals surface area contributed by atoms with E-state index in [4.69, 9.17) is 4.74 Å². The van der Waals surface area contributed by atoms with Crippen LogP contribution in [0, 0.1) is 11.8 Å². The molecule has 1 aromatic rings. The molecular formula is C14H18O2. The first kappa shape index (κ1) is 11.3. The predicted molar refractivity (Wildman–Crippen MR) is 63.5 cm³/mol. The molecule has 2 heteroatoms. The number of carbonyl (C=O) groups excluding carboxylic acids is 1. The Morgan fingerprint density at radius 3 is 2.81 bits per heavy atom. The van der Waals surface area contributed by atoms with Gasteiger partial charge in [-0.15, -0.1) is 0 Å². The van der Waals surface area contributed by atoms with Gasteiger partial charge >= 0.3 is 0 Å². The van der Waals surface area contributed by atoms with Gasteiger partial charge in [0.2, 0.25) is 0 Å². The predicted octanol–water partition coefficient (Wildman–Crippen LogP) is 2.93. The number of hydrogen-bond acceptors (Lipinski definition) is 2. The highest BCUT2D eigenvalue weighted by atomic mass is 16.5. The van der Waals surface area contributed by atoms with E-state index in [0.29, 0.717) is 5.92 Å². The zero-order valence-corrected chi connectivity index (χ0v) is 9.69. The molecule has 1 aliphatic rings. The van der Waals surface area contributed by atoms with Crippen LogP contribution in [0.5, 0.6) is 0 Å². The number of benzene rings is 1. The fourth-order valence-electron chi connectivity index (χ4n) is 2.26. The van der Waals surface area contributed by atoms with Crippen LogP contribution in [0.15, 0.2) is 30.3 Å². The van der Waals surface area contributed by atoms with Gasteiger partial charge in [-0.25, -0.2) is 0 Å². The van der Waals surface area contributed by atoms with E-state index >= 15 is 0 Å². The van der Waals surface area contributed by atoms with Gasteiger partial charge in [-0.05, 0) is 18.8 Å². The maximum Gasteiger partial charge on any atom is 0.165 e. The second kappa shape index (κ2) is 5.26. The molecule has 1 fully saturated rings. The normalized spacial score (nSPS) is 21.9. The molecule has 0 bridgehead atoms. The number of Topliss-reactive ketones (excluding diaryl/α,β-unsaturated/α-hetero) is 1. The highest BCUT2D eigenvalue weighted by Gasteiger charge is 2.22. The first-order valence-electron chi connectivity index (χ1n) is 5.94. The molecule has 2 unspecified atom stereocenters. The van der Waals surface area contributed by atoms with Gasteiger partial charge in [0.25, 0.3) is 0 Å². The second-order valence-electron chi connectivity index (χ2n) is 4.60. The maximum absolute atomic E-state index is 12.1. The molecule has 0 spiro atoms. The molecule has 0 amide bonds. The van der Waals surface area contributed by atoms with Crippen molar-refractivity contribution < 1.29 is 9.53 Å². The van der Waals surface area contributed by atoms with Crippen molar-refractivity contribution in [3.05, 3.63) is 35.9 Å². The minimum Gasteiger partial charge on any atom is -0.381 e. The molecule has 0 aliphatic carbocycles. The summed E-state index contributed by atoms with van der Waals surface area (Å²) >= 11 is 0. The second-order valence-corrected chi connectivity index (χ2v) is 4.60. The van der Waals surface area contributed by atoms with Crippen molar-refractivity contribution in [3.8, 4) is 0 Å². The van der Waals surface area contributed by atoms with Crippen molar-refractivity contribution in [2.75, 3.05) is 13.2 Å². The van der Waals surface area contributed by atoms with Crippen LogP contribution in [0.2, 0.25) is 0 Å². The summed E-state index contributed by atoms with van der Waals surface area (Å²) in [5, 5.41) is 0. The van der Waals surface area contributed by atoms with Crippen LogP contribution in [0.25, 0.3) is 0 Å². The Hall–Kier alpha value is -1.15. The highest BCUT2D eigenvalue weighted by molar-refractivity contribution is 5.97. The molecule has 1 saturated heterocycles. The molecule has 16 heavy (non-hydrogen) atoms. The Bertz CT molecular complexity index is 339. The summed E-state index contributed by atoms with van der Waals surface area (Å²) in [5.41, 5.74) is 0.828.